The van der Waals surface area contributed by atoms with E-state index in [0.29, 0.717) is 21.5 Å². The maximum Gasteiger partial charge on any atom is 0.333 e. The summed E-state index contributed by atoms with van der Waals surface area (Å²) in [7, 11) is 0. The molecule has 0 fully saturated rings. The van der Waals surface area contributed by atoms with Gasteiger partial charge < -0.3 is 0 Å². The number of benzene rings is 2. The normalized spacial score (nSPS) is 11.1. The van der Waals surface area contributed by atoms with Gasteiger partial charge in [0.05, 0.1) is 18.5 Å². The molecule has 2 aromatic heterocycles. The van der Waals surface area contributed by atoms with Gasteiger partial charge in [0, 0.05) is 11.2 Å². The van der Waals surface area contributed by atoms with E-state index in [-0.39, 0.29) is 18.7 Å². The molecule has 28 heavy (non-hydrogen) atoms. The molecule has 0 aliphatic heterocycles. The Balaban J connectivity index is 1.93. The highest BCUT2D eigenvalue weighted by atomic mass is 35.5. The molecule has 2 heterocycles. The first-order valence-electron chi connectivity index (χ1n) is 8.61. The van der Waals surface area contributed by atoms with Gasteiger partial charge >= 0.3 is 5.69 Å². The van der Waals surface area contributed by atoms with E-state index >= 15 is 0 Å². The third kappa shape index (κ3) is 3.34. The maximum absolute atomic E-state index is 13.6. The molecule has 0 aliphatic carbocycles. The molecule has 0 N–H and O–H groups in total. The summed E-state index contributed by atoms with van der Waals surface area (Å²) in [5, 5.41) is 0.780. The van der Waals surface area contributed by atoms with E-state index in [1.807, 2.05) is 0 Å². The van der Waals surface area contributed by atoms with Gasteiger partial charge in [0.2, 0.25) is 0 Å². The quantitative estimate of drug-likeness (QED) is 0.532. The first-order valence-corrected chi connectivity index (χ1v) is 8.98. The van der Waals surface area contributed by atoms with Crippen molar-refractivity contribution in [3.63, 3.8) is 0 Å². The molecule has 0 amide bonds. The monoisotopic (exact) mass is 395 g/mol. The molecule has 0 saturated heterocycles. The minimum Gasteiger partial charge on any atom is -0.273 e. The number of halogens is 2. The van der Waals surface area contributed by atoms with Gasteiger partial charge in [-0.3, -0.25) is 13.9 Å². The van der Waals surface area contributed by atoms with E-state index in [1.165, 1.54) is 22.9 Å². The zero-order chi connectivity index (χ0) is 19.7. The molecule has 0 radical (unpaired) electrons. The number of rotatable bonds is 4. The largest absolute Gasteiger partial charge is 0.333 e. The van der Waals surface area contributed by atoms with E-state index in [2.05, 4.69) is 4.98 Å². The summed E-state index contributed by atoms with van der Waals surface area (Å²) < 4.78 is 16.1. The van der Waals surface area contributed by atoms with Gasteiger partial charge in [-0.1, -0.05) is 41.9 Å². The first-order chi connectivity index (χ1) is 13.5. The molecule has 0 aliphatic rings. The minimum absolute atomic E-state index is 0.0331. The lowest BCUT2D eigenvalue weighted by molar-refractivity contribution is 0.613. The SMILES string of the molecule is O=c1c2cccnc2n(Cc2cccc(F)c2)c(=O)n1Cc1ccccc1Cl. The molecule has 4 rings (SSSR count). The second-order valence-corrected chi connectivity index (χ2v) is 6.76. The predicted molar refractivity (Wildman–Crippen MR) is 106 cm³/mol. The van der Waals surface area contributed by atoms with Crippen LogP contribution in [0.3, 0.4) is 0 Å². The standard InChI is InChI=1S/C21H15ClFN3O2/c22-18-9-2-1-6-15(18)13-26-20(27)17-8-4-10-24-19(17)25(21(26)28)12-14-5-3-7-16(23)11-14/h1-11H,12-13H2. The van der Waals surface area contributed by atoms with Crippen LogP contribution < -0.4 is 11.2 Å². The topological polar surface area (TPSA) is 56.9 Å². The smallest absolute Gasteiger partial charge is 0.273 e. The Bertz CT molecular complexity index is 1300. The van der Waals surface area contributed by atoms with Gasteiger partial charge in [0.1, 0.15) is 11.5 Å². The van der Waals surface area contributed by atoms with Crippen LogP contribution in [-0.4, -0.2) is 14.1 Å². The van der Waals surface area contributed by atoms with Crippen LogP contribution in [0.2, 0.25) is 5.02 Å². The van der Waals surface area contributed by atoms with Crippen molar-refractivity contribution in [2.24, 2.45) is 0 Å². The van der Waals surface area contributed by atoms with Crippen molar-refractivity contribution in [2.75, 3.05) is 0 Å². The Morgan fingerprint density at radius 1 is 0.929 bits per heavy atom. The Morgan fingerprint density at radius 2 is 1.75 bits per heavy atom. The lowest BCUT2D eigenvalue weighted by atomic mass is 10.2. The predicted octanol–water partition coefficient (Wildman–Crippen LogP) is 3.45. The van der Waals surface area contributed by atoms with Crippen LogP contribution in [0.25, 0.3) is 11.0 Å². The molecule has 0 spiro atoms. The molecule has 0 atom stereocenters. The van der Waals surface area contributed by atoms with Crippen molar-refractivity contribution in [1.29, 1.82) is 0 Å². The molecule has 2 aromatic carbocycles. The Hall–Kier alpha value is -3.25. The van der Waals surface area contributed by atoms with Gasteiger partial charge in [-0.25, -0.2) is 14.2 Å². The summed E-state index contributed by atoms with van der Waals surface area (Å²) >= 11 is 6.21. The number of aromatic nitrogens is 3. The molecular formula is C21H15ClFN3O2. The van der Waals surface area contributed by atoms with E-state index < -0.39 is 17.1 Å². The van der Waals surface area contributed by atoms with Crippen LogP contribution in [0.4, 0.5) is 4.39 Å². The van der Waals surface area contributed by atoms with Crippen molar-refractivity contribution >= 4 is 22.6 Å². The molecular weight excluding hydrogens is 381 g/mol. The molecule has 0 bridgehead atoms. The molecule has 7 heteroatoms. The van der Waals surface area contributed by atoms with Crippen molar-refractivity contribution in [1.82, 2.24) is 14.1 Å². The average Bonchev–Trinajstić information content (AvgIpc) is 2.70. The summed E-state index contributed by atoms with van der Waals surface area (Å²) in [5.74, 6) is -0.396. The fraction of sp³-hybridized carbons (Fsp3) is 0.0952. The third-order valence-corrected chi connectivity index (χ3v) is 4.86. The van der Waals surface area contributed by atoms with Crippen LogP contribution in [-0.2, 0) is 13.1 Å². The lowest BCUT2D eigenvalue weighted by Gasteiger charge is -2.14. The van der Waals surface area contributed by atoms with Crippen LogP contribution in [0.1, 0.15) is 11.1 Å². The Labute approximate surface area is 164 Å². The molecule has 5 nitrogen and oxygen atoms in total. The van der Waals surface area contributed by atoms with E-state index in [9.17, 15) is 14.0 Å². The second kappa shape index (κ2) is 7.40. The first kappa shape index (κ1) is 18.1. The average molecular weight is 396 g/mol. The molecule has 4 aromatic rings. The molecule has 0 saturated carbocycles. The maximum atomic E-state index is 13.6. The minimum atomic E-state index is -0.527. The van der Waals surface area contributed by atoms with Crippen LogP contribution in [0.5, 0.6) is 0 Å². The fourth-order valence-corrected chi connectivity index (χ4v) is 3.34. The van der Waals surface area contributed by atoms with Gasteiger partial charge in [-0.15, -0.1) is 0 Å². The third-order valence-electron chi connectivity index (χ3n) is 4.50. The number of hydrogen-bond donors (Lipinski definition) is 0. The molecule has 140 valence electrons. The number of pyridine rings is 1. The zero-order valence-corrected chi connectivity index (χ0v) is 15.4. The van der Waals surface area contributed by atoms with Crippen LogP contribution in [0, 0.1) is 5.82 Å². The number of nitrogens with zero attached hydrogens (tertiary/aromatic N) is 3. The van der Waals surface area contributed by atoms with Crippen molar-refractivity contribution in [3.8, 4) is 0 Å². The summed E-state index contributed by atoms with van der Waals surface area (Å²) in [5.41, 5.74) is 0.543. The van der Waals surface area contributed by atoms with E-state index in [4.69, 9.17) is 11.6 Å². The van der Waals surface area contributed by atoms with Crippen molar-refractivity contribution in [2.45, 2.75) is 13.1 Å². The second-order valence-electron chi connectivity index (χ2n) is 6.36. The van der Waals surface area contributed by atoms with Crippen molar-refractivity contribution < 1.29 is 4.39 Å². The van der Waals surface area contributed by atoms with Gasteiger partial charge in [0.15, 0.2) is 0 Å². The summed E-state index contributed by atoms with van der Waals surface area (Å²) in [6.07, 6.45) is 1.52. The number of fused-ring (bicyclic) bond motifs is 1. The highest BCUT2D eigenvalue weighted by Crippen LogP contribution is 2.16. The van der Waals surface area contributed by atoms with Gasteiger partial charge in [-0.05, 0) is 41.5 Å². The van der Waals surface area contributed by atoms with Crippen LogP contribution >= 0.6 is 11.6 Å². The van der Waals surface area contributed by atoms with Crippen LogP contribution in [0.15, 0.2) is 76.4 Å². The van der Waals surface area contributed by atoms with Gasteiger partial charge in [-0.2, -0.15) is 0 Å². The number of hydrogen-bond acceptors (Lipinski definition) is 3. The van der Waals surface area contributed by atoms with E-state index in [0.717, 1.165) is 4.57 Å². The van der Waals surface area contributed by atoms with Gasteiger partial charge in [0.25, 0.3) is 5.56 Å². The summed E-state index contributed by atoms with van der Waals surface area (Å²) in [6.45, 7) is 0.123. The zero-order valence-electron chi connectivity index (χ0n) is 14.7. The Kier molecular flexibility index (Phi) is 4.79. The fourth-order valence-electron chi connectivity index (χ4n) is 3.14. The summed E-state index contributed by atoms with van der Waals surface area (Å²) in [6, 6.07) is 16.3. The highest BCUT2D eigenvalue weighted by molar-refractivity contribution is 6.31. The lowest BCUT2D eigenvalue weighted by Crippen LogP contribution is -2.40. The molecule has 0 unspecified atom stereocenters. The summed E-state index contributed by atoms with van der Waals surface area (Å²) in [4.78, 5) is 30.3. The van der Waals surface area contributed by atoms with Crippen molar-refractivity contribution in [3.05, 3.63) is 110 Å². The van der Waals surface area contributed by atoms with E-state index in [1.54, 1.807) is 48.5 Å². The Morgan fingerprint density at radius 3 is 2.54 bits per heavy atom. The highest BCUT2D eigenvalue weighted by Gasteiger charge is 2.15.